The summed E-state index contributed by atoms with van der Waals surface area (Å²) in [7, 11) is 0. The van der Waals surface area contributed by atoms with Crippen LogP contribution in [0, 0.1) is 22.0 Å². The number of carbonyl (C=O) groups is 1. The topological polar surface area (TPSA) is 137 Å². The molecule has 0 saturated carbocycles. The summed E-state index contributed by atoms with van der Waals surface area (Å²) in [6.45, 7) is 4.80. The fourth-order valence-electron chi connectivity index (χ4n) is 2.06. The molecule has 0 aliphatic carbocycles. The number of ether oxygens (including phenoxy) is 2. The first-order valence-electron chi connectivity index (χ1n) is 6.01. The Morgan fingerprint density at radius 2 is 2.15 bits per heavy atom. The van der Waals surface area contributed by atoms with Crippen molar-refractivity contribution in [2.24, 2.45) is 17.0 Å². The SMILES string of the molecule is CC(=O)OCC1OC(O[N+](=O)[O-])C(N=[N+]=[N-])[C@@H](C)[C@H]1C. The highest BCUT2D eigenvalue weighted by Gasteiger charge is 2.43. The molecule has 1 fully saturated rings. The Morgan fingerprint density at radius 3 is 2.65 bits per heavy atom. The summed E-state index contributed by atoms with van der Waals surface area (Å²) in [5.41, 5.74) is 8.52. The quantitative estimate of drug-likeness (QED) is 0.187. The van der Waals surface area contributed by atoms with E-state index in [9.17, 15) is 14.9 Å². The molecule has 0 aromatic rings. The monoisotopic (exact) mass is 288 g/mol. The van der Waals surface area contributed by atoms with Crippen molar-refractivity contribution in [3.8, 4) is 0 Å². The van der Waals surface area contributed by atoms with E-state index >= 15 is 0 Å². The van der Waals surface area contributed by atoms with Gasteiger partial charge in [-0.05, 0) is 17.4 Å². The molecule has 10 heteroatoms. The van der Waals surface area contributed by atoms with E-state index < -0.39 is 29.5 Å². The number of azide groups is 1. The molecular weight excluding hydrogens is 272 g/mol. The van der Waals surface area contributed by atoms with E-state index in [1.54, 1.807) is 6.92 Å². The van der Waals surface area contributed by atoms with Gasteiger partial charge in [-0.2, -0.15) is 0 Å². The van der Waals surface area contributed by atoms with Gasteiger partial charge in [-0.1, -0.05) is 19.0 Å². The van der Waals surface area contributed by atoms with E-state index in [0.29, 0.717) is 0 Å². The molecule has 1 aliphatic heterocycles. The van der Waals surface area contributed by atoms with Crippen LogP contribution in [0.3, 0.4) is 0 Å². The first kappa shape index (κ1) is 16.0. The van der Waals surface area contributed by atoms with Gasteiger partial charge in [0.25, 0.3) is 5.09 Å². The summed E-state index contributed by atoms with van der Waals surface area (Å²) in [5.74, 6) is -0.834. The van der Waals surface area contributed by atoms with Crippen molar-refractivity contribution in [2.45, 2.75) is 39.2 Å². The molecule has 20 heavy (non-hydrogen) atoms. The van der Waals surface area contributed by atoms with Crippen molar-refractivity contribution in [3.05, 3.63) is 20.6 Å². The van der Waals surface area contributed by atoms with Gasteiger partial charge < -0.3 is 9.47 Å². The van der Waals surface area contributed by atoms with Crippen LogP contribution in [0.1, 0.15) is 20.8 Å². The van der Waals surface area contributed by atoms with Gasteiger partial charge in [0.1, 0.15) is 6.61 Å². The van der Waals surface area contributed by atoms with Crippen LogP contribution in [0.5, 0.6) is 0 Å². The molecule has 3 unspecified atom stereocenters. The van der Waals surface area contributed by atoms with Crippen molar-refractivity contribution in [2.75, 3.05) is 6.61 Å². The maximum absolute atomic E-state index is 10.8. The van der Waals surface area contributed by atoms with E-state index in [1.807, 2.05) is 6.92 Å². The van der Waals surface area contributed by atoms with Gasteiger partial charge in [-0.3, -0.25) is 9.63 Å². The third-order valence-corrected chi connectivity index (χ3v) is 3.37. The highest BCUT2D eigenvalue weighted by atomic mass is 17.0. The van der Waals surface area contributed by atoms with Gasteiger partial charge in [0.05, 0.1) is 12.1 Å². The van der Waals surface area contributed by atoms with E-state index in [4.69, 9.17) is 15.0 Å². The number of carbonyl (C=O) groups excluding carboxylic acids is 1. The standard InChI is InChI=1S/C10H16N4O6/c1-5-6(2)9(12-13-11)10(20-14(16)17)19-8(5)4-18-7(3)15/h5-6,8-10H,4H2,1-3H3/t5-,6+,8?,9?,10?/m1/s1. The zero-order valence-electron chi connectivity index (χ0n) is 11.3. The Hall–Kier alpha value is -2.06. The van der Waals surface area contributed by atoms with Crippen molar-refractivity contribution >= 4 is 5.97 Å². The molecule has 1 aliphatic rings. The average molecular weight is 288 g/mol. The maximum Gasteiger partial charge on any atom is 0.302 e. The van der Waals surface area contributed by atoms with Crippen molar-refractivity contribution in [1.82, 2.24) is 0 Å². The molecule has 112 valence electrons. The Morgan fingerprint density at radius 1 is 1.50 bits per heavy atom. The summed E-state index contributed by atoms with van der Waals surface area (Å²) in [6.07, 6.45) is -1.88. The molecular formula is C10H16N4O6. The summed E-state index contributed by atoms with van der Waals surface area (Å²) >= 11 is 0. The first-order chi connectivity index (χ1) is 9.36. The van der Waals surface area contributed by atoms with Crippen LogP contribution in [-0.2, 0) is 19.1 Å². The second-order valence-corrected chi connectivity index (χ2v) is 4.59. The lowest BCUT2D eigenvalue weighted by Gasteiger charge is -2.41. The molecule has 0 N–H and O–H groups in total. The summed E-state index contributed by atoms with van der Waals surface area (Å²) < 4.78 is 10.2. The predicted octanol–water partition coefficient (Wildman–Crippen LogP) is 1.43. The molecule has 5 atom stereocenters. The van der Waals surface area contributed by atoms with E-state index in [1.165, 1.54) is 6.92 Å². The minimum atomic E-state index is -1.31. The molecule has 10 nitrogen and oxygen atoms in total. The lowest BCUT2D eigenvalue weighted by molar-refractivity contribution is -0.783. The van der Waals surface area contributed by atoms with Gasteiger partial charge in [-0.15, -0.1) is 10.1 Å². The van der Waals surface area contributed by atoms with Gasteiger partial charge in [0.2, 0.25) is 6.29 Å². The molecule has 1 heterocycles. The van der Waals surface area contributed by atoms with Crippen molar-refractivity contribution in [1.29, 1.82) is 0 Å². The Bertz CT molecular complexity index is 424. The number of rotatable bonds is 5. The van der Waals surface area contributed by atoms with Crippen LogP contribution >= 0.6 is 0 Å². The Balaban J connectivity index is 2.85. The molecule has 1 saturated heterocycles. The van der Waals surface area contributed by atoms with E-state index in [-0.39, 0.29) is 18.4 Å². The third-order valence-electron chi connectivity index (χ3n) is 3.37. The van der Waals surface area contributed by atoms with Gasteiger partial charge >= 0.3 is 5.97 Å². The minimum Gasteiger partial charge on any atom is -0.463 e. The lowest BCUT2D eigenvalue weighted by atomic mass is 9.82. The summed E-state index contributed by atoms with van der Waals surface area (Å²) in [6, 6.07) is -0.825. The Labute approximate surface area is 114 Å². The number of nitrogens with zero attached hydrogens (tertiary/aromatic N) is 4. The number of esters is 1. The molecule has 0 spiro atoms. The normalized spacial score (nSPS) is 32.9. The van der Waals surface area contributed by atoms with Gasteiger partial charge in [0, 0.05) is 11.8 Å². The van der Waals surface area contributed by atoms with Crippen LogP contribution in [0.2, 0.25) is 0 Å². The molecule has 1 rings (SSSR count). The number of hydrogen-bond acceptors (Lipinski definition) is 7. The van der Waals surface area contributed by atoms with Crippen LogP contribution in [0.15, 0.2) is 5.11 Å². The van der Waals surface area contributed by atoms with Crippen LogP contribution in [0.25, 0.3) is 10.4 Å². The highest BCUT2D eigenvalue weighted by Crippen LogP contribution is 2.33. The zero-order valence-corrected chi connectivity index (χ0v) is 11.3. The van der Waals surface area contributed by atoms with E-state index in [2.05, 4.69) is 14.9 Å². The summed E-state index contributed by atoms with van der Waals surface area (Å²) in [4.78, 5) is 28.3. The van der Waals surface area contributed by atoms with E-state index in [0.717, 1.165) is 0 Å². The van der Waals surface area contributed by atoms with Crippen LogP contribution < -0.4 is 0 Å². The number of hydrogen-bond donors (Lipinski definition) is 0. The summed E-state index contributed by atoms with van der Waals surface area (Å²) in [5, 5.41) is 13.0. The second kappa shape index (κ2) is 6.92. The van der Waals surface area contributed by atoms with Crippen LogP contribution in [-0.4, -0.2) is 36.1 Å². The zero-order chi connectivity index (χ0) is 15.3. The fraction of sp³-hybridized carbons (Fsp3) is 0.900. The van der Waals surface area contributed by atoms with Gasteiger partial charge in [0.15, 0.2) is 0 Å². The predicted molar refractivity (Wildman–Crippen MR) is 64.6 cm³/mol. The minimum absolute atomic E-state index is 0.0403. The molecule has 0 aromatic heterocycles. The van der Waals surface area contributed by atoms with Crippen LogP contribution in [0.4, 0.5) is 0 Å². The third kappa shape index (κ3) is 3.97. The molecule has 0 aromatic carbocycles. The smallest absolute Gasteiger partial charge is 0.302 e. The first-order valence-corrected chi connectivity index (χ1v) is 6.01. The molecule has 0 amide bonds. The second-order valence-electron chi connectivity index (χ2n) is 4.59. The molecule has 0 radical (unpaired) electrons. The largest absolute Gasteiger partial charge is 0.463 e. The van der Waals surface area contributed by atoms with Crippen molar-refractivity contribution < 1.29 is 24.2 Å². The average Bonchev–Trinajstić information content (AvgIpc) is 2.36. The fourth-order valence-corrected chi connectivity index (χ4v) is 2.06. The lowest BCUT2D eigenvalue weighted by Crippen LogP contribution is -2.51. The molecule has 0 bridgehead atoms. The maximum atomic E-state index is 10.8. The van der Waals surface area contributed by atoms with Crippen molar-refractivity contribution in [3.63, 3.8) is 0 Å². The van der Waals surface area contributed by atoms with Gasteiger partial charge in [-0.25, -0.2) is 0 Å². The Kier molecular flexibility index (Phi) is 5.53. The highest BCUT2D eigenvalue weighted by molar-refractivity contribution is 5.65.